The largest absolute Gasteiger partial charge is 0.325 e. The molecule has 9 nitrogen and oxygen atoms in total. The van der Waals surface area contributed by atoms with Crippen molar-refractivity contribution >= 4 is 16.9 Å². The van der Waals surface area contributed by atoms with Gasteiger partial charge in [0.05, 0.1) is 18.2 Å². The van der Waals surface area contributed by atoms with Crippen molar-refractivity contribution in [1.29, 1.82) is 0 Å². The van der Waals surface area contributed by atoms with E-state index in [9.17, 15) is 9.18 Å². The lowest BCUT2D eigenvalue weighted by molar-refractivity contribution is 0.0544. The maximum atomic E-state index is 14.0. The van der Waals surface area contributed by atoms with Crippen LogP contribution in [0.3, 0.4) is 0 Å². The monoisotopic (exact) mass is 358 g/mol. The summed E-state index contributed by atoms with van der Waals surface area (Å²) in [5.74, 6) is 0.733. The predicted molar refractivity (Wildman–Crippen MR) is 90.8 cm³/mol. The second-order valence-electron chi connectivity index (χ2n) is 6.77. The maximum absolute atomic E-state index is 14.0. The molecule has 2 aromatic heterocycles. The molecule has 10 heteroatoms. The van der Waals surface area contributed by atoms with Crippen molar-refractivity contribution in [2.75, 3.05) is 20.6 Å². The molecule has 0 radical (unpaired) electrons. The predicted octanol–water partition coefficient (Wildman–Crippen LogP) is 0.583. The van der Waals surface area contributed by atoms with Crippen LogP contribution in [0.1, 0.15) is 22.0 Å². The van der Waals surface area contributed by atoms with Gasteiger partial charge in [-0.25, -0.2) is 4.39 Å². The number of amides is 1. The smallest absolute Gasteiger partial charge is 0.257 e. The van der Waals surface area contributed by atoms with Crippen LogP contribution in [0.4, 0.5) is 4.39 Å². The number of likely N-dealkylation sites (N-methyl/N-ethyl adjacent to an activating group) is 1. The van der Waals surface area contributed by atoms with Gasteiger partial charge in [-0.2, -0.15) is 15.4 Å². The number of halogens is 1. The number of aromatic amines is 1. The number of aryl methyl sites for hydroxylation is 1. The molecule has 1 atom stereocenters. The van der Waals surface area contributed by atoms with Crippen LogP contribution in [-0.2, 0) is 13.1 Å². The summed E-state index contributed by atoms with van der Waals surface area (Å²) in [6.45, 7) is 3.47. The summed E-state index contributed by atoms with van der Waals surface area (Å²) < 4.78 is 16.0. The van der Waals surface area contributed by atoms with E-state index in [1.807, 2.05) is 30.5 Å². The van der Waals surface area contributed by atoms with E-state index in [0.29, 0.717) is 30.7 Å². The number of benzene rings is 1. The maximum Gasteiger partial charge on any atom is 0.257 e. The van der Waals surface area contributed by atoms with E-state index in [4.69, 9.17) is 0 Å². The van der Waals surface area contributed by atoms with Crippen LogP contribution in [0, 0.1) is 12.7 Å². The number of fused-ring (bicyclic) bond motifs is 2. The van der Waals surface area contributed by atoms with E-state index < -0.39 is 5.82 Å². The van der Waals surface area contributed by atoms with Crippen LogP contribution < -0.4 is 0 Å². The average Bonchev–Trinajstić information content (AvgIpc) is 3.19. The number of hydrogen-bond acceptors (Lipinski definition) is 6. The van der Waals surface area contributed by atoms with Crippen molar-refractivity contribution in [2.45, 2.75) is 26.1 Å². The zero-order valence-electron chi connectivity index (χ0n) is 14.8. The first kappa shape index (κ1) is 16.6. The third-order valence-electron chi connectivity index (χ3n) is 4.61. The van der Waals surface area contributed by atoms with Crippen LogP contribution in [0.25, 0.3) is 11.0 Å². The highest BCUT2D eigenvalue weighted by Crippen LogP contribution is 2.24. The van der Waals surface area contributed by atoms with E-state index in [-0.39, 0.29) is 17.5 Å². The quantitative estimate of drug-likeness (QED) is 0.736. The van der Waals surface area contributed by atoms with Gasteiger partial charge in [-0.1, -0.05) is 0 Å². The number of carbonyl (C=O) groups is 1. The summed E-state index contributed by atoms with van der Waals surface area (Å²) in [6.07, 6.45) is 0. The van der Waals surface area contributed by atoms with Crippen molar-refractivity contribution in [2.24, 2.45) is 0 Å². The molecule has 1 aliphatic rings. The molecule has 1 aromatic carbocycles. The van der Waals surface area contributed by atoms with Gasteiger partial charge in [-0.3, -0.25) is 4.79 Å². The molecule has 0 fully saturated rings. The van der Waals surface area contributed by atoms with Gasteiger partial charge in [0.15, 0.2) is 5.82 Å². The van der Waals surface area contributed by atoms with Crippen molar-refractivity contribution in [3.05, 3.63) is 35.2 Å². The first-order valence-corrected chi connectivity index (χ1v) is 8.28. The molecule has 0 spiro atoms. The Morgan fingerprint density at radius 2 is 2.15 bits per heavy atom. The summed E-state index contributed by atoms with van der Waals surface area (Å²) in [7, 11) is 3.91. The molecule has 136 valence electrons. The second kappa shape index (κ2) is 6.13. The molecule has 1 amide bonds. The van der Waals surface area contributed by atoms with Crippen molar-refractivity contribution in [3.63, 3.8) is 0 Å². The number of carbonyl (C=O) groups excluding carboxylic acids is 1. The standard InChI is InChI=1S/C16H19FN8O/c1-9-18-20-14-8-25(11(6-23(2)3)7-24(9)14)16(26)12-4-10(17)5-13-15(12)21-22-19-13/h4-5,11H,6-8H2,1-3H3,(H,19,21,22). The molecule has 1 aliphatic heterocycles. The van der Waals surface area contributed by atoms with E-state index in [1.54, 1.807) is 4.90 Å². The number of rotatable bonds is 3. The van der Waals surface area contributed by atoms with Crippen molar-refractivity contribution < 1.29 is 9.18 Å². The fourth-order valence-electron chi connectivity index (χ4n) is 3.42. The van der Waals surface area contributed by atoms with Gasteiger partial charge in [0.2, 0.25) is 0 Å². The van der Waals surface area contributed by atoms with E-state index >= 15 is 0 Å². The van der Waals surface area contributed by atoms with Crippen LogP contribution in [0.15, 0.2) is 12.1 Å². The van der Waals surface area contributed by atoms with Crippen LogP contribution in [0.5, 0.6) is 0 Å². The minimum Gasteiger partial charge on any atom is -0.325 e. The Morgan fingerprint density at radius 3 is 2.92 bits per heavy atom. The highest BCUT2D eigenvalue weighted by Gasteiger charge is 2.34. The molecule has 3 aromatic rings. The summed E-state index contributed by atoms with van der Waals surface area (Å²) in [4.78, 5) is 17.0. The molecule has 0 saturated carbocycles. The van der Waals surface area contributed by atoms with Crippen molar-refractivity contribution in [3.8, 4) is 0 Å². The van der Waals surface area contributed by atoms with Crippen LogP contribution in [0.2, 0.25) is 0 Å². The Labute approximate surface area is 148 Å². The number of nitrogens with zero attached hydrogens (tertiary/aromatic N) is 7. The van der Waals surface area contributed by atoms with Crippen LogP contribution >= 0.6 is 0 Å². The Hall–Kier alpha value is -2.88. The zero-order valence-corrected chi connectivity index (χ0v) is 14.8. The molecular formula is C16H19FN8O. The molecular weight excluding hydrogens is 339 g/mol. The van der Waals surface area contributed by atoms with Crippen LogP contribution in [-0.4, -0.2) is 72.6 Å². The third-order valence-corrected chi connectivity index (χ3v) is 4.61. The summed E-state index contributed by atoms with van der Waals surface area (Å²) in [6, 6.07) is 2.37. The first-order valence-electron chi connectivity index (χ1n) is 8.28. The lowest BCUT2D eigenvalue weighted by Gasteiger charge is -2.37. The number of hydrogen-bond donors (Lipinski definition) is 1. The molecule has 0 saturated heterocycles. The first-order chi connectivity index (χ1) is 12.4. The summed E-state index contributed by atoms with van der Waals surface area (Å²) in [5.41, 5.74) is 0.888. The fraction of sp³-hybridized carbons (Fsp3) is 0.438. The van der Waals surface area contributed by atoms with Gasteiger partial charge in [0, 0.05) is 19.2 Å². The number of nitrogens with one attached hydrogen (secondary N) is 1. The van der Waals surface area contributed by atoms with E-state index in [2.05, 4.69) is 25.6 Å². The molecule has 26 heavy (non-hydrogen) atoms. The normalized spacial score (nSPS) is 17.1. The highest BCUT2D eigenvalue weighted by atomic mass is 19.1. The minimum absolute atomic E-state index is 0.0927. The number of H-pyrrole nitrogens is 1. The van der Waals surface area contributed by atoms with Crippen molar-refractivity contribution in [1.82, 2.24) is 40.0 Å². The van der Waals surface area contributed by atoms with E-state index in [1.165, 1.54) is 12.1 Å². The van der Waals surface area contributed by atoms with Gasteiger partial charge in [-0.15, -0.1) is 10.2 Å². The molecule has 4 rings (SSSR count). The molecule has 0 aliphatic carbocycles. The molecule has 3 heterocycles. The summed E-state index contributed by atoms with van der Waals surface area (Å²) in [5, 5.41) is 18.6. The Balaban J connectivity index is 1.75. The zero-order chi connectivity index (χ0) is 18.4. The topological polar surface area (TPSA) is 95.8 Å². The lowest BCUT2D eigenvalue weighted by Crippen LogP contribution is -2.51. The SMILES string of the molecule is Cc1nnc2n1CC(CN(C)C)N(C(=O)c1cc(F)cc3n[nH]nc13)C2. The molecule has 1 N–H and O–H groups in total. The Kier molecular flexibility index (Phi) is 3.91. The van der Waals surface area contributed by atoms with Gasteiger partial charge < -0.3 is 14.4 Å². The second-order valence-corrected chi connectivity index (χ2v) is 6.77. The molecule has 1 unspecified atom stereocenters. The molecule has 0 bridgehead atoms. The fourth-order valence-corrected chi connectivity index (χ4v) is 3.42. The Bertz CT molecular complexity index is 978. The Morgan fingerprint density at radius 1 is 1.35 bits per heavy atom. The van der Waals surface area contributed by atoms with E-state index in [0.717, 1.165) is 11.6 Å². The van der Waals surface area contributed by atoms with Gasteiger partial charge in [-0.05, 0) is 27.1 Å². The third kappa shape index (κ3) is 2.71. The van der Waals surface area contributed by atoms with Gasteiger partial charge >= 0.3 is 0 Å². The summed E-state index contributed by atoms with van der Waals surface area (Å²) >= 11 is 0. The number of aromatic nitrogens is 6. The highest BCUT2D eigenvalue weighted by molar-refractivity contribution is 6.04. The van der Waals surface area contributed by atoms with Gasteiger partial charge in [0.25, 0.3) is 5.91 Å². The van der Waals surface area contributed by atoms with Gasteiger partial charge in [0.1, 0.15) is 22.7 Å². The lowest BCUT2D eigenvalue weighted by atomic mass is 10.1. The average molecular weight is 358 g/mol. The minimum atomic E-state index is -0.519.